The predicted octanol–water partition coefficient (Wildman–Crippen LogP) is 1.46. The average molecular weight is 341 g/mol. The topological polar surface area (TPSA) is 106 Å². The van der Waals surface area contributed by atoms with Crippen molar-refractivity contribution >= 4 is 23.0 Å². The van der Waals surface area contributed by atoms with Crippen molar-refractivity contribution in [2.24, 2.45) is 0 Å². The van der Waals surface area contributed by atoms with Crippen LogP contribution in [0.1, 0.15) is 5.69 Å². The summed E-state index contributed by atoms with van der Waals surface area (Å²) in [7, 11) is 0. The van der Waals surface area contributed by atoms with Crippen LogP contribution < -0.4 is 10.6 Å². The Morgan fingerprint density at radius 3 is 2.52 bits per heavy atom. The maximum absolute atomic E-state index is 12.4. The number of amides is 1. The quantitative estimate of drug-likeness (QED) is 0.667. The average Bonchev–Trinajstić information content (AvgIpc) is 2.63. The molecule has 0 unspecified atom stereocenters. The number of anilines is 2. The number of piperazine rings is 1. The molecule has 1 aliphatic heterocycles. The third-order valence-electron chi connectivity index (χ3n) is 4.23. The Kier molecular flexibility index (Phi) is 4.78. The Morgan fingerprint density at radius 1 is 1.16 bits per heavy atom. The van der Waals surface area contributed by atoms with Crippen LogP contribution in [0.2, 0.25) is 0 Å². The maximum atomic E-state index is 12.4. The van der Waals surface area contributed by atoms with Gasteiger partial charge in [0.05, 0.1) is 23.2 Å². The van der Waals surface area contributed by atoms with Crippen LogP contribution in [0.3, 0.4) is 0 Å². The molecule has 130 valence electrons. The Bertz CT molecular complexity index is 770. The zero-order valence-electron chi connectivity index (χ0n) is 13.7. The van der Waals surface area contributed by atoms with Crippen LogP contribution in [0, 0.1) is 10.1 Å². The van der Waals surface area contributed by atoms with Crippen molar-refractivity contribution in [3.05, 3.63) is 58.4 Å². The smallest absolute Gasteiger partial charge is 0.292 e. The molecule has 25 heavy (non-hydrogen) atoms. The Hall–Kier alpha value is -3.16. The fourth-order valence-corrected chi connectivity index (χ4v) is 2.89. The van der Waals surface area contributed by atoms with E-state index in [0.29, 0.717) is 43.2 Å². The molecule has 2 heterocycles. The van der Waals surface area contributed by atoms with Crippen molar-refractivity contribution < 1.29 is 9.72 Å². The van der Waals surface area contributed by atoms with Crippen LogP contribution in [-0.4, -0.2) is 46.9 Å². The van der Waals surface area contributed by atoms with Gasteiger partial charge in [0, 0.05) is 37.9 Å². The van der Waals surface area contributed by atoms with Crippen LogP contribution in [0.4, 0.5) is 17.1 Å². The standard InChI is InChI=1S/C17H19N5O3/c18-13-5-6-14(19-12-13)11-17(23)21-9-7-20(8-10-21)15-3-1-2-4-16(15)22(24)25/h1-6,12H,7-11,18H2. The number of nitrogens with two attached hydrogens (primary N) is 1. The molecule has 0 spiro atoms. The fraction of sp³-hybridized carbons (Fsp3) is 0.294. The van der Waals surface area contributed by atoms with Gasteiger partial charge in [-0.25, -0.2) is 0 Å². The third-order valence-corrected chi connectivity index (χ3v) is 4.23. The van der Waals surface area contributed by atoms with E-state index in [1.54, 1.807) is 35.2 Å². The van der Waals surface area contributed by atoms with E-state index >= 15 is 0 Å². The van der Waals surface area contributed by atoms with Crippen molar-refractivity contribution in [2.45, 2.75) is 6.42 Å². The van der Waals surface area contributed by atoms with Gasteiger partial charge in [-0.3, -0.25) is 19.9 Å². The Morgan fingerprint density at radius 2 is 1.88 bits per heavy atom. The van der Waals surface area contributed by atoms with Crippen LogP contribution in [0.5, 0.6) is 0 Å². The summed E-state index contributed by atoms with van der Waals surface area (Å²) in [6.07, 6.45) is 1.76. The van der Waals surface area contributed by atoms with E-state index in [1.165, 1.54) is 12.3 Å². The highest BCUT2D eigenvalue weighted by Gasteiger charge is 2.25. The number of carbonyl (C=O) groups is 1. The lowest BCUT2D eigenvalue weighted by Gasteiger charge is -2.35. The van der Waals surface area contributed by atoms with E-state index in [9.17, 15) is 14.9 Å². The first-order valence-corrected chi connectivity index (χ1v) is 8.01. The number of nitrogen functional groups attached to an aromatic ring is 1. The molecule has 0 bridgehead atoms. The van der Waals surface area contributed by atoms with Crippen LogP contribution >= 0.6 is 0 Å². The summed E-state index contributed by atoms with van der Waals surface area (Å²) in [4.78, 5) is 31.0. The van der Waals surface area contributed by atoms with Crippen molar-refractivity contribution in [3.63, 3.8) is 0 Å². The monoisotopic (exact) mass is 341 g/mol. The number of nitro groups is 1. The van der Waals surface area contributed by atoms with Gasteiger partial charge in [0.25, 0.3) is 5.69 Å². The van der Waals surface area contributed by atoms with E-state index in [1.807, 2.05) is 4.90 Å². The van der Waals surface area contributed by atoms with Gasteiger partial charge < -0.3 is 15.5 Å². The second-order valence-electron chi connectivity index (χ2n) is 5.87. The molecule has 1 fully saturated rings. The Labute approximate surface area is 145 Å². The predicted molar refractivity (Wildman–Crippen MR) is 94.2 cm³/mol. The number of benzene rings is 1. The number of hydrogen-bond acceptors (Lipinski definition) is 6. The summed E-state index contributed by atoms with van der Waals surface area (Å²) in [5.41, 5.74) is 7.53. The number of aromatic nitrogens is 1. The first kappa shape index (κ1) is 16.7. The van der Waals surface area contributed by atoms with Gasteiger partial charge >= 0.3 is 0 Å². The second-order valence-corrected chi connectivity index (χ2v) is 5.87. The number of nitro benzene ring substituents is 1. The molecular formula is C17H19N5O3. The minimum absolute atomic E-state index is 0.000479. The number of nitrogens with zero attached hydrogens (tertiary/aromatic N) is 4. The normalized spacial score (nSPS) is 14.4. The number of para-hydroxylation sites is 2. The molecule has 8 nitrogen and oxygen atoms in total. The van der Waals surface area contributed by atoms with E-state index in [0.717, 1.165) is 0 Å². The zero-order valence-corrected chi connectivity index (χ0v) is 13.7. The minimum atomic E-state index is -0.375. The van der Waals surface area contributed by atoms with Crippen molar-refractivity contribution in [1.29, 1.82) is 0 Å². The highest BCUT2D eigenvalue weighted by molar-refractivity contribution is 5.79. The van der Waals surface area contributed by atoms with Gasteiger partial charge in [0.15, 0.2) is 0 Å². The summed E-state index contributed by atoms with van der Waals surface area (Å²) >= 11 is 0. The first-order chi connectivity index (χ1) is 12.0. The molecule has 2 aromatic rings. The highest BCUT2D eigenvalue weighted by atomic mass is 16.6. The largest absolute Gasteiger partial charge is 0.397 e. The fourth-order valence-electron chi connectivity index (χ4n) is 2.89. The van der Waals surface area contributed by atoms with E-state index in [4.69, 9.17) is 5.73 Å². The number of hydrogen-bond donors (Lipinski definition) is 1. The van der Waals surface area contributed by atoms with Gasteiger partial charge in [-0.2, -0.15) is 0 Å². The summed E-state index contributed by atoms with van der Waals surface area (Å²) in [5.74, 6) is -0.000479. The second kappa shape index (κ2) is 7.16. The third kappa shape index (κ3) is 3.85. The number of carbonyl (C=O) groups excluding carboxylic acids is 1. The Balaban J connectivity index is 1.61. The molecule has 0 radical (unpaired) electrons. The molecule has 0 aliphatic carbocycles. The van der Waals surface area contributed by atoms with E-state index < -0.39 is 0 Å². The van der Waals surface area contributed by atoms with Crippen LogP contribution in [-0.2, 0) is 11.2 Å². The van der Waals surface area contributed by atoms with Crippen molar-refractivity contribution in [2.75, 3.05) is 36.8 Å². The summed E-state index contributed by atoms with van der Waals surface area (Å²) in [6, 6.07) is 10.2. The summed E-state index contributed by atoms with van der Waals surface area (Å²) in [5, 5.41) is 11.2. The molecule has 1 aliphatic rings. The van der Waals surface area contributed by atoms with Crippen LogP contribution in [0.25, 0.3) is 0 Å². The molecular weight excluding hydrogens is 322 g/mol. The molecule has 1 aromatic carbocycles. The van der Waals surface area contributed by atoms with Gasteiger partial charge in [-0.05, 0) is 18.2 Å². The van der Waals surface area contributed by atoms with Gasteiger partial charge in [-0.1, -0.05) is 12.1 Å². The molecule has 3 rings (SSSR count). The zero-order chi connectivity index (χ0) is 17.8. The molecule has 1 saturated heterocycles. The summed E-state index contributed by atoms with van der Waals surface area (Å²) < 4.78 is 0. The van der Waals surface area contributed by atoms with E-state index in [-0.39, 0.29) is 22.9 Å². The lowest BCUT2D eigenvalue weighted by Crippen LogP contribution is -2.49. The molecule has 2 N–H and O–H groups in total. The van der Waals surface area contributed by atoms with Crippen LogP contribution in [0.15, 0.2) is 42.6 Å². The first-order valence-electron chi connectivity index (χ1n) is 8.01. The molecule has 0 saturated carbocycles. The van der Waals surface area contributed by atoms with Crippen molar-refractivity contribution in [1.82, 2.24) is 9.88 Å². The lowest BCUT2D eigenvalue weighted by atomic mass is 10.2. The van der Waals surface area contributed by atoms with E-state index in [2.05, 4.69) is 4.98 Å². The number of pyridine rings is 1. The van der Waals surface area contributed by atoms with Gasteiger partial charge in [0.1, 0.15) is 5.69 Å². The SMILES string of the molecule is Nc1ccc(CC(=O)N2CCN(c3ccccc3[N+](=O)[O-])CC2)nc1. The molecule has 1 amide bonds. The number of rotatable bonds is 4. The maximum Gasteiger partial charge on any atom is 0.292 e. The minimum Gasteiger partial charge on any atom is -0.397 e. The van der Waals surface area contributed by atoms with Gasteiger partial charge in [-0.15, -0.1) is 0 Å². The van der Waals surface area contributed by atoms with Crippen molar-refractivity contribution in [3.8, 4) is 0 Å². The highest BCUT2D eigenvalue weighted by Crippen LogP contribution is 2.28. The molecule has 0 atom stereocenters. The lowest BCUT2D eigenvalue weighted by molar-refractivity contribution is -0.384. The van der Waals surface area contributed by atoms with Gasteiger partial charge in [0.2, 0.25) is 5.91 Å². The molecule has 1 aromatic heterocycles. The summed E-state index contributed by atoms with van der Waals surface area (Å²) in [6.45, 7) is 2.18. The molecule has 8 heteroatoms.